The van der Waals surface area contributed by atoms with E-state index in [-0.39, 0.29) is 17.9 Å². The Morgan fingerprint density at radius 1 is 1.25 bits per heavy atom. The molecule has 1 aliphatic heterocycles. The van der Waals surface area contributed by atoms with E-state index in [9.17, 15) is 14.9 Å². The van der Waals surface area contributed by atoms with Crippen molar-refractivity contribution in [3.63, 3.8) is 0 Å². The lowest BCUT2D eigenvalue weighted by molar-refractivity contribution is -0.134. The van der Waals surface area contributed by atoms with Crippen LogP contribution in [0.3, 0.4) is 0 Å². The van der Waals surface area contributed by atoms with E-state index >= 15 is 0 Å². The van der Waals surface area contributed by atoms with Gasteiger partial charge in [-0.15, -0.1) is 0 Å². The van der Waals surface area contributed by atoms with Gasteiger partial charge in [-0.25, -0.2) is 0 Å². The van der Waals surface area contributed by atoms with Crippen LogP contribution in [-0.2, 0) is 9.59 Å². The van der Waals surface area contributed by atoms with Gasteiger partial charge < -0.3 is 16.0 Å². The number of nitriles is 1. The second kappa shape index (κ2) is 6.72. The zero-order chi connectivity index (χ0) is 17.2. The smallest absolute Gasteiger partial charge is 0.228 e. The first-order valence-electron chi connectivity index (χ1n) is 9.11. The van der Waals surface area contributed by atoms with Gasteiger partial charge in [0.2, 0.25) is 11.8 Å². The van der Waals surface area contributed by atoms with Gasteiger partial charge in [0.25, 0.3) is 0 Å². The Balaban J connectivity index is 1.70. The summed E-state index contributed by atoms with van der Waals surface area (Å²) in [5.74, 6) is -0.393. The lowest BCUT2D eigenvalue weighted by Gasteiger charge is -2.38. The molecule has 1 unspecified atom stereocenters. The van der Waals surface area contributed by atoms with Gasteiger partial charge in [-0.1, -0.05) is 19.3 Å². The molecule has 2 saturated carbocycles. The largest absolute Gasteiger partial charge is 0.369 e. The van der Waals surface area contributed by atoms with E-state index in [0.717, 1.165) is 51.5 Å². The molecule has 0 aromatic carbocycles. The first kappa shape index (κ1) is 17.2. The summed E-state index contributed by atoms with van der Waals surface area (Å²) in [7, 11) is 0. The van der Waals surface area contributed by atoms with E-state index in [1.54, 1.807) is 11.3 Å². The highest BCUT2D eigenvalue weighted by Crippen LogP contribution is 2.41. The number of nitrogens with one attached hydrogen (secondary N) is 1. The van der Waals surface area contributed by atoms with Gasteiger partial charge in [0, 0.05) is 18.0 Å². The van der Waals surface area contributed by atoms with E-state index in [2.05, 4.69) is 11.4 Å². The average Bonchev–Trinajstić information content (AvgIpc) is 3.30. The highest BCUT2D eigenvalue weighted by Gasteiger charge is 2.49. The lowest BCUT2D eigenvalue weighted by atomic mass is 9.70. The average molecular weight is 331 g/mol. The van der Waals surface area contributed by atoms with Crippen molar-refractivity contribution >= 4 is 11.8 Å². The second-order valence-electron chi connectivity index (χ2n) is 7.62. The van der Waals surface area contributed by atoms with Crippen LogP contribution < -0.4 is 11.1 Å². The van der Waals surface area contributed by atoms with Gasteiger partial charge in [0.1, 0.15) is 5.54 Å². The molecule has 1 radical (unpaired) electrons. The van der Waals surface area contributed by atoms with Gasteiger partial charge >= 0.3 is 0 Å². The number of rotatable bonds is 6. The fourth-order valence-corrected chi connectivity index (χ4v) is 4.27. The Labute approximate surface area is 143 Å². The van der Waals surface area contributed by atoms with Crippen molar-refractivity contribution in [1.82, 2.24) is 10.2 Å². The third kappa shape index (κ3) is 3.14. The molecule has 131 valence electrons. The Hall–Kier alpha value is -1.61. The summed E-state index contributed by atoms with van der Waals surface area (Å²) in [6.07, 6.45) is 9.26. The molecule has 3 rings (SSSR count). The number of carbonyl (C=O) groups is 2. The molecule has 1 atom stereocenters. The van der Waals surface area contributed by atoms with Crippen molar-refractivity contribution in [3.05, 3.63) is 6.42 Å². The molecule has 0 bridgehead atoms. The van der Waals surface area contributed by atoms with Crippen LogP contribution in [-0.4, -0.2) is 41.4 Å². The van der Waals surface area contributed by atoms with Gasteiger partial charge in [0.05, 0.1) is 12.5 Å². The number of amides is 2. The first-order chi connectivity index (χ1) is 11.5. The normalized spacial score (nSPS) is 29.0. The van der Waals surface area contributed by atoms with E-state index in [0.29, 0.717) is 19.4 Å². The molecular weight excluding hydrogens is 304 g/mol. The Morgan fingerprint density at radius 2 is 1.96 bits per heavy atom. The maximum atomic E-state index is 12.9. The van der Waals surface area contributed by atoms with Crippen molar-refractivity contribution in [2.45, 2.75) is 69.4 Å². The van der Waals surface area contributed by atoms with Crippen molar-refractivity contribution in [2.75, 3.05) is 13.1 Å². The molecule has 1 saturated heterocycles. The van der Waals surface area contributed by atoms with Gasteiger partial charge in [-0.05, 0) is 45.1 Å². The molecule has 3 fully saturated rings. The van der Waals surface area contributed by atoms with E-state index in [4.69, 9.17) is 5.73 Å². The summed E-state index contributed by atoms with van der Waals surface area (Å²) >= 11 is 0. The van der Waals surface area contributed by atoms with Gasteiger partial charge in [0.15, 0.2) is 0 Å². The summed E-state index contributed by atoms with van der Waals surface area (Å²) < 4.78 is 0. The number of nitrogens with zero attached hydrogens (tertiary/aromatic N) is 2. The fourth-order valence-electron chi connectivity index (χ4n) is 4.27. The predicted octanol–water partition coefficient (Wildman–Crippen LogP) is 1.26. The number of primary amides is 1. The summed E-state index contributed by atoms with van der Waals surface area (Å²) in [6.45, 7) is 1.29. The molecule has 0 aromatic heterocycles. The molecule has 2 amide bonds. The fraction of sp³-hybridized carbons (Fsp3) is 0.778. The molecule has 3 aliphatic rings. The van der Waals surface area contributed by atoms with Crippen LogP contribution in [0.5, 0.6) is 0 Å². The van der Waals surface area contributed by atoms with Crippen molar-refractivity contribution < 1.29 is 9.59 Å². The molecule has 0 aromatic rings. The Bertz CT molecular complexity index is 538. The molecule has 6 heteroatoms. The predicted molar refractivity (Wildman–Crippen MR) is 89.3 cm³/mol. The van der Waals surface area contributed by atoms with Crippen LogP contribution in [0.1, 0.15) is 57.8 Å². The van der Waals surface area contributed by atoms with Crippen molar-refractivity contribution in [2.24, 2.45) is 11.1 Å². The number of nitrogens with two attached hydrogens (primary N) is 1. The Kier molecular flexibility index (Phi) is 4.82. The molecule has 3 N–H and O–H groups in total. The summed E-state index contributed by atoms with van der Waals surface area (Å²) in [6, 6.07) is 2.55. The van der Waals surface area contributed by atoms with Crippen LogP contribution in [0, 0.1) is 23.2 Å². The van der Waals surface area contributed by atoms with Crippen LogP contribution in [0.2, 0.25) is 0 Å². The maximum absolute atomic E-state index is 12.9. The van der Waals surface area contributed by atoms with E-state index in [1.807, 2.05) is 0 Å². The maximum Gasteiger partial charge on any atom is 0.228 e. The van der Waals surface area contributed by atoms with Crippen molar-refractivity contribution in [1.29, 1.82) is 5.26 Å². The minimum absolute atomic E-state index is 0.103. The van der Waals surface area contributed by atoms with Crippen LogP contribution in [0.4, 0.5) is 0 Å². The van der Waals surface area contributed by atoms with Gasteiger partial charge in [-0.3, -0.25) is 9.59 Å². The molecule has 1 heterocycles. The number of hydrogen-bond acceptors (Lipinski definition) is 4. The number of hydrogen-bond donors (Lipinski definition) is 2. The van der Waals surface area contributed by atoms with Crippen LogP contribution >= 0.6 is 0 Å². The summed E-state index contributed by atoms with van der Waals surface area (Å²) in [5.41, 5.74) is 4.36. The standard InChI is InChI=1S/C18H27N4O2/c19-12-18(10-11-21-13-18)22(14-4-5-14)15(23)6-9-17(16(20)24)7-2-1-3-8-17/h6,14,21H,1-5,7-11,13H2,(H2,20,24). The highest BCUT2D eigenvalue weighted by molar-refractivity contribution is 5.88. The van der Waals surface area contributed by atoms with Crippen LogP contribution in [0.15, 0.2) is 0 Å². The third-order valence-corrected chi connectivity index (χ3v) is 5.95. The SMILES string of the molecule is N#CC1(N(C(=O)[CH]CC2(C(N)=O)CCCCC2)C2CC2)CCNC1. The molecule has 6 nitrogen and oxygen atoms in total. The summed E-state index contributed by atoms with van der Waals surface area (Å²) in [4.78, 5) is 26.7. The van der Waals surface area contributed by atoms with E-state index < -0.39 is 11.0 Å². The van der Waals surface area contributed by atoms with E-state index in [1.165, 1.54) is 0 Å². The van der Waals surface area contributed by atoms with Crippen molar-refractivity contribution in [3.8, 4) is 6.07 Å². The zero-order valence-corrected chi connectivity index (χ0v) is 14.2. The second-order valence-corrected chi connectivity index (χ2v) is 7.62. The monoisotopic (exact) mass is 331 g/mol. The number of carbonyl (C=O) groups excluding carboxylic acids is 2. The first-order valence-corrected chi connectivity index (χ1v) is 9.11. The van der Waals surface area contributed by atoms with Crippen LogP contribution in [0.25, 0.3) is 0 Å². The minimum Gasteiger partial charge on any atom is -0.369 e. The highest BCUT2D eigenvalue weighted by atomic mass is 16.2. The molecular formula is C18H27N4O2. The topological polar surface area (TPSA) is 99.2 Å². The summed E-state index contributed by atoms with van der Waals surface area (Å²) in [5, 5.41) is 12.9. The molecule has 0 spiro atoms. The molecule has 2 aliphatic carbocycles. The lowest BCUT2D eigenvalue weighted by Crippen LogP contribution is -2.54. The minimum atomic E-state index is -0.735. The third-order valence-electron chi connectivity index (χ3n) is 5.95. The van der Waals surface area contributed by atoms with Gasteiger partial charge in [-0.2, -0.15) is 5.26 Å². The molecule has 24 heavy (non-hydrogen) atoms. The zero-order valence-electron chi connectivity index (χ0n) is 14.2. The Morgan fingerprint density at radius 3 is 2.46 bits per heavy atom. The quantitative estimate of drug-likeness (QED) is 0.765.